The molecule has 0 aliphatic heterocycles. The van der Waals surface area contributed by atoms with E-state index >= 15 is 0 Å². The van der Waals surface area contributed by atoms with Crippen molar-refractivity contribution in [3.63, 3.8) is 0 Å². The maximum absolute atomic E-state index is 11.5. The van der Waals surface area contributed by atoms with Gasteiger partial charge in [-0.15, -0.1) is 0 Å². The fourth-order valence-corrected chi connectivity index (χ4v) is 2.71. The smallest absolute Gasteiger partial charge is 0.302 e. The van der Waals surface area contributed by atoms with Gasteiger partial charge in [-0.1, -0.05) is 19.9 Å². The minimum atomic E-state index is -0.250. The monoisotopic (exact) mass is 396 g/mol. The Morgan fingerprint density at radius 1 is 1.14 bits per heavy atom. The lowest BCUT2D eigenvalue weighted by Gasteiger charge is -2.01. The first-order chi connectivity index (χ1) is 13.9. The number of carbonyl (C=O) groups excluding carboxylic acids is 1. The van der Waals surface area contributed by atoms with Gasteiger partial charge in [-0.2, -0.15) is 4.98 Å². The van der Waals surface area contributed by atoms with E-state index in [2.05, 4.69) is 21.4 Å². The largest absolute Gasteiger partial charge is 0.483 e. The fraction of sp³-hybridized carbons (Fsp3) is 0.238. The Morgan fingerprint density at radius 2 is 1.83 bits per heavy atom. The predicted octanol–water partition coefficient (Wildman–Crippen LogP) is 4.70. The number of carbonyl (C=O) groups is 2. The molecule has 0 amide bonds. The number of benzene rings is 2. The molecule has 2 aromatic heterocycles. The summed E-state index contributed by atoms with van der Waals surface area (Å²) in [6, 6.07) is 11.7. The van der Waals surface area contributed by atoms with E-state index < -0.39 is 0 Å². The topological polar surface area (TPSA) is 110 Å². The van der Waals surface area contributed by atoms with E-state index in [1.54, 1.807) is 18.2 Å². The van der Waals surface area contributed by atoms with Crippen molar-refractivity contribution < 1.29 is 19.1 Å². The van der Waals surface area contributed by atoms with Crippen molar-refractivity contribution in [3.8, 4) is 0 Å². The molecule has 4 aromatic rings. The van der Waals surface area contributed by atoms with Crippen molar-refractivity contribution in [1.29, 1.82) is 0 Å². The first kappa shape index (κ1) is 21.6. The van der Waals surface area contributed by atoms with Crippen LogP contribution >= 0.6 is 0 Å². The number of aryl methyl sites for hydroxylation is 2. The molecule has 0 radical (unpaired) electrons. The van der Waals surface area contributed by atoms with Crippen LogP contribution < -0.4 is 5.32 Å². The Labute approximate surface area is 168 Å². The summed E-state index contributed by atoms with van der Waals surface area (Å²) in [5.41, 5.74) is 4.96. The van der Waals surface area contributed by atoms with Crippen molar-refractivity contribution >= 4 is 46.4 Å². The molecule has 0 aliphatic rings. The number of nitrogens with zero attached hydrogens (tertiary/aromatic N) is 3. The molecule has 152 valence electrons. The summed E-state index contributed by atoms with van der Waals surface area (Å²) >= 11 is 0. The van der Waals surface area contributed by atoms with Gasteiger partial charge in [0.05, 0.1) is 11.0 Å². The van der Waals surface area contributed by atoms with Crippen molar-refractivity contribution in [2.45, 2.75) is 27.7 Å². The molecule has 2 N–H and O–H groups in total. The third-order valence-corrected chi connectivity index (χ3v) is 4.05. The maximum atomic E-state index is 11.5. The number of hydrogen-bond acceptors (Lipinski definition) is 6. The first-order valence-corrected chi connectivity index (χ1v) is 9.12. The highest BCUT2D eigenvalue weighted by Crippen LogP contribution is 2.25. The quantitative estimate of drug-likeness (QED) is 0.381. The van der Waals surface area contributed by atoms with Gasteiger partial charge in [-0.25, -0.2) is 4.98 Å². The van der Waals surface area contributed by atoms with Crippen LogP contribution in [0.3, 0.4) is 0 Å². The number of Topliss-reactive ketones (excluding diaryl/α,β-unsaturated/α-hetero) is 1. The van der Waals surface area contributed by atoms with Crippen LogP contribution in [0.5, 0.6) is 0 Å². The number of imidazole rings is 1. The lowest BCUT2D eigenvalue weighted by atomic mass is 10.1. The third-order valence-electron chi connectivity index (χ3n) is 4.05. The molecular weight excluding hydrogens is 372 g/mol. The average Bonchev–Trinajstić information content (AvgIpc) is 3.23. The Balaban J connectivity index is 0.000000551. The number of ketones is 1. The molecule has 4 rings (SSSR count). The van der Waals surface area contributed by atoms with Gasteiger partial charge >= 0.3 is 6.01 Å². The van der Waals surface area contributed by atoms with Crippen LogP contribution in [0.1, 0.15) is 36.7 Å². The molecule has 0 aliphatic carbocycles. The normalized spacial score (nSPS) is 9.97. The summed E-state index contributed by atoms with van der Waals surface area (Å²) in [6.07, 6.45) is 0. The molecule has 0 saturated carbocycles. The standard InChI is InChI=1S/C18H16N4O2.C2H6.CH2O2/c1-10-4-7-15-14(8-10)19-17(22(15)3)21-18-20-13-6-5-12(11(2)23)9-16(13)24-18;1-2;2-1-3/h4-9H,1-3H3,(H,19,20,21);1-2H3;1H,(H,2,3). The number of nitrogens with one attached hydrogen (secondary N) is 1. The average molecular weight is 396 g/mol. The summed E-state index contributed by atoms with van der Waals surface area (Å²) in [5.74, 6) is 0.641. The van der Waals surface area contributed by atoms with Crippen LogP contribution in [0.25, 0.3) is 22.1 Å². The van der Waals surface area contributed by atoms with E-state index in [0.29, 0.717) is 28.6 Å². The second kappa shape index (κ2) is 9.50. The van der Waals surface area contributed by atoms with Crippen molar-refractivity contribution in [2.24, 2.45) is 7.05 Å². The molecule has 0 fully saturated rings. The predicted molar refractivity (Wildman–Crippen MR) is 113 cm³/mol. The van der Waals surface area contributed by atoms with Crippen molar-refractivity contribution in [1.82, 2.24) is 14.5 Å². The van der Waals surface area contributed by atoms with Crippen LogP contribution in [0.15, 0.2) is 40.8 Å². The zero-order chi connectivity index (χ0) is 21.6. The van der Waals surface area contributed by atoms with Crippen molar-refractivity contribution in [3.05, 3.63) is 47.5 Å². The number of rotatable bonds is 3. The van der Waals surface area contributed by atoms with E-state index in [0.717, 1.165) is 16.6 Å². The second-order valence-electron chi connectivity index (χ2n) is 5.97. The van der Waals surface area contributed by atoms with Gasteiger partial charge in [0.25, 0.3) is 6.47 Å². The van der Waals surface area contributed by atoms with Gasteiger partial charge in [-0.3, -0.25) is 14.9 Å². The molecule has 0 atom stereocenters. The summed E-state index contributed by atoms with van der Waals surface area (Å²) in [7, 11) is 1.93. The zero-order valence-electron chi connectivity index (χ0n) is 17.1. The van der Waals surface area contributed by atoms with Crippen LogP contribution in [0.2, 0.25) is 0 Å². The highest BCUT2D eigenvalue weighted by atomic mass is 16.4. The molecule has 2 heterocycles. The van der Waals surface area contributed by atoms with Gasteiger partial charge < -0.3 is 14.1 Å². The van der Waals surface area contributed by atoms with Gasteiger partial charge in [0.1, 0.15) is 5.52 Å². The van der Waals surface area contributed by atoms with E-state index in [1.165, 1.54) is 6.92 Å². The summed E-state index contributed by atoms with van der Waals surface area (Å²) in [4.78, 5) is 28.8. The molecular formula is C21H24N4O4. The molecule has 0 bridgehead atoms. The lowest BCUT2D eigenvalue weighted by molar-refractivity contribution is -0.122. The molecule has 8 nitrogen and oxygen atoms in total. The van der Waals surface area contributed by atoms with Gasteiger partial charge in [-0.05, 0) is 49.7 Å². The second-order valence-corrected chi connectivity index (χ2v) is 5.97. The number of carboxylic acid groups (broad SMARTS) is 1. The maximum Gasteiger partial charge on any atom is 0.302 e. The van der Waals surface area contributed by atoms with E-state index in [1.807, 2.05) is 44.5 Å². The SMILES string of the molecule is CC.CC(=O)c1ccc2nc(Nc3nc4cc(C)ccc4n3C)oc2c1.O=CO. The van der Waals surface area contributed by atoms with E-state index in [4.69, 9.17) is 14.3 Å². The van der Waals surface area contributed by atoms with Gasteiger partial charge in [0.2, 0.25) is 5.95 Å². The van der Waals surface area contributed by atoms with Crippen LogP contribution in [-0.4, -0.2) is 31.9 Å². The molecule has 8 heteroatoms. The Hall–Kier alpha value is -3.68. The number of hydrogen-bond donors (Lipinski definition) is 2. The molecule has 29 heavy (non-hydrogen) atoms. The van der Waals surface area contributed by atoms with E-state index in [-0.39, 0.29) is 12.3 Å². The molecule has 0 unspecified atom stereocenters. The first-order valence-electron chi connectivity index (χ1n) is 9.12. The van der Waals surface area contributed by atoms with E-state index in [9.17, 15) is 4.79 Å². The Kier molecular flexibility index (Phi) is 7.08. The Morgan fingerprint density at radius 3 is 2.48 bits per heavy atom. The highest BCUT2D eigenvalue weighted by molar-refractivity contribution is 5.97. The van der Waals surface area contributed by atoms with Gasteiger partial charge in [0.15, 0.2) is 11.4 Å². The molecule has 0 spiro atoms. The molecule has 2 aromatic carbocycles. The summed E-state index contributed by atoms with van der Waals surface area (Å²) < 4.78 is 7.66. The van der Waals surface area contributed by atoms with Crippen LogP contribution in [-0.2, 0) is 11.8 Å². The zero-order valence-corrected chi connectivity index (χ0v) is 17.1. The van der Waals surface area contributed by atoms with Crippen LogP contribution in [0.4, 0.5) is 12.0 Å². The van der Waals surface area contributed by atoms with Gasteiger partial charge in [0, 0.05) is 12.6 Å². The Bertz CT molecular complexity index is 1140. The highest BCUT2D eigenvalue weighted by Gasteiger charge is 2.12. The number of oxazole rings is 1. The summed E-state index contributed by atoms with van der Waals surface area (Å²) in [6.45, 7) is 7.31. The third kappa shape index (κ3) is 4.78. The fourth-order valence-electron chi connectivity index (χ4n) is 2.71. The number of aromatic nitrogens is 3. The minimum Gasteiger partial charge on any atom is -0.483 e. The minimum absolute atomic E-state index is 0.00599. The molecule has 0 saturated heterocycles. The number of fused-ring (bicyclic) bond motifs is 2. The van der Waals surface area contributed by atoms with Crippen molar-refractivity contribution in [2.75, 3.05) is 5.32 Å². The summed E-state index contributed by atoms with van der Waals surface area (Å²) in [5, 5.41) is 10.00. The van der Waals surface area contributed by atoms with Crippen LogP contribution in [0, 0.1) is 6.92 Å². The number of anilines is 2. The lowest BCUT2D eigenvalue weighted by Crippen LogP contribution is -1.98.